The highest BCUT2D eigenvalue weighted by atomic mass is 19.4. The van der Waals surface area contributed by atoms with Crippen LogP contribution in [0.15, 0.2) is 51.7 Å². The zero-order valence-electron chi connectivity index (χ0n) is 13.6. The molecule has 0 N–H and O–H groups in total. The topological polar surface area (TPSA) is 39.4 Å². The monoisotopic (exact) mass is 348 g/mol. The van der Waals surface area contributed by atoms with E-state index in [9.17, 15) is 18.0 Å². The normalized spacial score (nSPS) is 11.7. The van der Waals surface area contributed by atoms with Crippen molar-refractivity contribution in [1.29, 1.82) is 0 Å². The first-order valence-electron chi connectivity index (χ1n) is 7.67. The van der Waals surface area contributed by atoms with Crippen LogP contribution in [0.2, 0.25) is 0 Å². The van der Waals surface area contributed by atoms with Gasteiger partial charge in [-0.3, -0.25) is 4.79 Å². The summed E-state index contributed by atoms with van der Waals surface area (Å²) >= 11 is 0. The zero-order valence-corrected chi connectivity index (χ0v) is 13.6. The number of rotatable bonds is 3. The van der Waals surface area contributed by atoms with Crippen molar-refractivity contribution in [2.75, 3.05) is 7.11 Å². The molecule has 1 aromatic heterocycles. The quantitative estimate of drug-likeness (QED) is 0.665. The second-order valence-electron chi connectivity index (χ2n) is 5.51. The highest BCUT2D eigenvalue weighted by Crippen LogP contribution is 2.38. The Morgan fingerprint density at radius 1 is 1.12 bits per heavy atom. The summed E-state index contributed by atoms with van der Waals surface area (Å²) in [6.45, 7) is 1.87. The lowest BCUT2D eigenvalue weighted by Gasteiger charge is -2.14. The molecule has 3 rings (SSSR count). The Labute approximate surface area is 141 Å². The Kier molecular flexibility index (Phi) is 4.29. The van der Waals surface area contributed by atoms with Gasteiger partial charge in [0, 0.05) is 6.07 Å². The molecule has 130 valence electrons. The molecule has 0 radical (unpaired) electrons. The van der Waals surface area contributed by atoms with Gasteiger partial charge in [0.05, 0.1) is 18.1 Å². The third-order valence-corrected chi connectivity index (χ3v) is 3.99. The van der Waals surface area contributed by atoms with Gasteiger partial charge in [-0.2, -0.15) is 13.2 Å². The fourth-order valence-electron chi connectivity index (χ4n) is 2.80. The summed E-state index contributed by atoms with van der Waals surface area (Å²) in [7, 11) is 1.42. The molecule has 0 aliphatic rings. The van der Waals surface area contributed by atoms with Crippen molar-refractivity contribution < 1.29 is 22.3 Å². The zero-order chi connectivity index (χ0) is 18.2. The van der Waals surface area contributed by atoms with E-state index in [1.165, 1.54) is 31.4 Å². The highest BCUT2D eigenvalue weighted by molar-refractivity contribution is 5.85. The van der Waals surface area contributed by atoms with Gasteiger partial charge in [0.1, 0.15) is 11.3 Å². The maximum absolute atomic E-state index is 13.5. The molecule has 0 aliphatic carbocycles. The number of hydrogen-bond donors (Lipinski definition) is 0. The molecular weight excluding hydrogens is 333 g/mol. The third-order valence-electron chi connectivity index (χ3n) is 3.99. The first-order chi connectivity index (χ1) is 11.9. The molecule has 2 aromatic carbocycles. The van der Waals surface area contributed by atoms with E-state index < -0.39 is 22.9 Å². The Bertz CT molecular complexity index is 973. The van der Waals surface area contributed by atoms with Gasteiger partial charge in [-0.05, 0) is 23.6 Å². The average Bonchev–Trinajstić information content (AvgIpc) is 2.60. The predicted octanol–water partition coefficient (Wildman–Crippen LogP) is 5.05. The first kappa shape index (κ1) is 17.1. The van der Waals surface area contributed by atoms with Crippen LogP contribution in [0, 0.1) is 0 Å². The number of fused-ring (bicyclic) bond motifs is 1. The number of alkyl halides is 3. The van der Waals surface area contributed by atoms with Crippen LogP contribution in [0.25, 0.3) is 22.1 Å². The minimum absolute atomic E-state index is 0.101. The molecule has 0 spiro atoms. The Balaban J connectivity index is 2.45. The average molecular weight is 348 g/mol. The van der Waals surface area contributed by atoms with Crippen molar-refractivity contribution >= 4 is 11.0 Å². The number of ether oxygens (including phenoxy) is 1. The number of aryl methyl sites for hydroxylation is 1. The van der Waals surface area contributed by atoms with Crippen LogP contribution in [0.5, 0.6) is 5.75 Å². The smallest absolute Gasteiger partial charge is 0.450 e. The summed E-state index contributed by atoms with van der Waals surface area (Å²) in [6.07, 6.45) is -4.23. The number of hydrogen-bond acceptors (Lipinski definition) is 3. The molecule has 0 amide bonds. The van der Waals surface area contributed by atoms with Gasteiger partial charge in [-0.1, -0.05) is 37.3 Å². The molecule has 0 aliphatic heterocycles. The van der Waals surface area contributed by atoms with Crippen molar-refractivity contribution in [3.8, 4) is 16.9 Å². The molecule has 0 atom stereocenters. The van der Waals surface area contributed by atoms with Crippen molar-refractivity contribution in [2.24, 2.45) is 0 Å². The van der Waals surface area contributed by atoms with Crippen LogP contribution >= 0.6 is 0 Å². The van der Waals surface area contributed by atoms with Gasteiger partial charge in [0.15, 0.2) is 0 Å². The summed E-state index contributed by atoms with van der Waals surface area (Å²) in [6, 6.07) is 10.6. The molecule has 0 bridgehead atoms. The molecule has 0 unspecified atom stereocenters. The second kappa shape index (κ2) is 6.27. The summed E-state index contributed by atoms with van der Waals surface area (Å²) in [4.78, 5) is 12.9. The van der Waals surface area contributed by atoms with Crippen molar-refractivity contribution in [2.45, 2.75) is 19.5 Å². The van der Waals surface area contributed by atoms with Gasteiger partial charge in [0.25, 0.3) is 0 Å². The molecule has 0 saturated heterocycles. The van der Waals surface area contributed by atoms with Crippen LogP contribution < -0.4 is 10.2 Å². The minimum Gasteiger partial charge on any atom is -0.496 e. The van der Waals surface area contributed by atoms with Crippen LogP contribution in [-0.4, -0.2) is 7.11 Å². The molecule has 0 fully saturated rings. The summed E-state index contributed by atoms with van der Waals surface area (Å²) in [5.74, 6) is -0.916. The number of halogens is 3. The van der Waals surface area contributed by atoms with E-state index in [2.05, 4.69) is 0 Å². The van der Waals surface area contributed by atoms with Crippen LogP contribution in [-0.2, 0) is 12.6 Å². The summed E-state index contributed by atoms with van der Waals surface area (Å²) in [5, 5.41) is 0.101. The van der Waals surface area contributed by atoms with E-state index in [-0.39, 0.29) is 16.5 Å². The van der Waals surface area contributed by atoms with E-state index in [1.807, 2.05) is 6.92 Å². The molecule has 3 nitrogen and oxygen atoms in total. The van der Waals surface area contributed by atoms with Gasteiger partial charge >= 0.3 is 6.18 Å². The van der Waals surface area contributed by atoms with Crippen molar-refractivity contribution in [1.82, 2.24) is 0 Å². The molecule has 0 saturated carbocycles. The first-order valence-corrected chi connectivity index (χ1v) is 7.67. The fourth-order valence-corrected chi connectivity index (χ4v) is 2.80. The molecule has 1 heterocycles. The Morgan fingerprint density at radius 3 is 2.36 bits per heavy atom. The van der Waals surface area contributed by atoms with Crippen LogP contribution in [0.4, 0.5) is 13.2 Å². The van der Waals surface area contributed by atoms with Gasteiger partial charge < -0.3 is 9.15 Å². The lowest BCUT2D eigenvalue weighted by molar-refractivity contribution is -0.152. The van der Waals surface area contributed by atoms with Gasteiger partial charge in [-0.15, -0.1) is 0 Å². The lowest BCUT2D eigenvalue weighted by atomic mass is 10.00. The lowest BCUT2D eigenvalue weighted by Crippen LogP contribution is -2.16. The molecular formula is C19H15F3O3. The van der Waals surface area contributed by atoms with E-state index in [1.54, 1.807) is 18.2 Å². The Morgan fingerprint density at radius 2 is 1.80 bits per heavy atom. The standard InChI is InChI=1S/C19H15F3O3/c1-3-11-9-13-15(10-14(11)24-2)25-18(19(20,21)22)16(17(13)23)12-7-5-4-6-8-12/h4-10H,3H2,1-2H3. The van der Waals surface area contributed by atoms with Crippen molar-refractivity contribution in [3.63, 3.8) is 0 Å². The number of methoxy groups -OCH3 is 1. The highest BCUT2D eigenvalue weighted by Gasteiger charge is 2.39. The predicted molar refractivity (Wildman–Crippen MR) is 88.9 cm³/mol. The Hall–Kier alpha value is -2.76. The molecule has 6 heteroatoms. The van der Waals surface area contributed by atoms with Gasteiger partial charge in [0.2, 0.25) is 11.2 Å². The molecule has 25 heavy (non-hydrogen) atoms. The van der Waals surface area contributed by atoms with Gasteiger partial charge in [-0.25, -0.2) is 0 Å². The largest absolute Gasteiger partial charge is 0.496 e. The second-order valence-corrected chi connectivity index (χ2v) is 5.51. The molecule has 3 aromatic rings. The third kappa shape index (κ3) is 2.99. The summed E-state index contributed by atoms with van der Waals surface area (Å²) < 4.78 is 50.8. The van der Waals surface area contributed by atoms with Crippen molar-refractivity contribution in [3.05, 3.63) is 64.0 Å². The number of benzene rings is 2. The van der Waals surface area contributed by atoms with Crippen LogP contribution in [0.3, 0.4) is 0 Å². The van der Waals surface area contributed by atoms with E-state index in [0.717, 1.165) is 5.56 Å². The summed E-state index contributed by atoms with van der Waals surface area (Å²) in [5.41, 5.74) is -0.448. The maximum atomic E-state index is 13.5. The minimum atomic E-state index is -4.80. The maximum Gasteiger partial charge on any atom is 0.450 e. The van der Waals surface area contributed by atoms with E-state index >= 15 is 0 Å². The SMILES string of the molecule is CCc1cc2c(=O)c(-c3ccccc3)c(C(F)(F)F)oc2cc1OC. The van der Waals surface area contributed by atoms with E-state index in [4.69, 9.17) is 9.15 Å². The van der Waals surface area contributed by atoms with Crippen LogP contribution in [0.1, 0.15) is 18.2 Å². The fraction of sp³-hybridized carbons (Fsp3) is 0.211. The van der Waals surface area contributed by atoms with E-state index in [0.29, 0.717) is 12.2 Å².